The van der Waals surface area contributed by atoms with Crippen LogP contribution in [0.4, 0.5) is 0 Å². The van der Waals surface area contributed by atoms with E-state index in [9.17, 15) is 9.59 Å². The monoisotopic (exact) mass is 304 g/mol. The van der Waals surface area contributed by atoms with Gasteiger partial charge >= 0.3 is 0 Å². The average Bonchev–Trinajstić information content (AvgIpc) is 2.91. The predicted octanol–water partition coefficient (Wildman–Crippen LogP) is 2.84. The van der Waals surface area contributed by atoms with Gasteiger partial charge in [0.25, 0.3) is 5.91 Å². The van der Waals surface area contributed by atoms with Crippen molar-refractivity contribution < 1.29 is 9.59 Å². The summed E-state index contributed by atoms with van der Waals surface area (Å²) in [4.78, 5) is 25.1. The molecule has 2 heterocycles. The third-order valence-electron chi connectivity index (χ3n) is 4.45. The number of benzene rings is 2. The number of carbonyl (C=O) groups is 2. The van der Waals surface area contributed by atoms with Crippen LogP contribution < -0.4 is 0 Å². The minimum absolute atomic E-state index is 0.201. The third kappa shape index (κ3) is 2.14. The maximum atomic E-state index is 12.7. The van der Waals surface area contributed by atoms with Crippen LogP contribution >= 0.6 is 0 Å². The number of nitrogens with zero attached hydrogens (tertiary/aromatic N) is 2. The first-order valence-corrected chi connectivity index (χ1v) is 7.70. The maximum absolute atomic E-state index is 12.7. The molecule has 0 radical (unpaired) electrons. The fourth-order valence-corrected chi connectivity index (χ4v) is 3.37. The molecule has 0 saturated carbocycles. The van der Waals surface area contributed by atoms with Crippen molar-refractivity contribution in [3.8, 4) is 0 Å². The first kappa shape index (κ1) is 13.8. The van der Waals surface area contributed by atoms with Crippen molar-refractivity contribution in [1.82, 2.24) is 9.47 Å². The Morgan fingerprint density at radius 2 is 1.74 bits per heavy atom. The van der Waals surface area contributed by atoms with Gasteiger partial charge in [-0.05, 0) is 23.6 Å². The van der Waals surface area contributed by atoms with Gasteiger partial charge in [-0.3, -0.25) is 14.5 Å². The summed E-state index contributed by atoms with van der Waals surface area (Å²) in [5.41, 5.74) is 3.88. The van der Waals surface area contributed by atoms with E-state index >= 15 is 0 Å². The Hall–Kier alpha value is -2.88. The van der Waals surface area contributed by atoms with E-state index < -0.39 is 0 Å². The predicted molar refractivity (Wildman–Crippen MR) is 88.3 cm³/mol. The Bertz CT molecular complexity index is 896. The second-order valence-electron chi connectivity index (χ2n) is 5.77. The van der Waals surface area contributed by atoms with Gasteiger partial charge < -0.3 is 4.57 Å². The highest BCUT2D eigenvalue weighted by atomic mass is 16.2. The molecule has 0 saturated heterocycles. The van der Waals surface area contributed by atoms with E-state index in [1.165, 1.54) is 4.90 Å². The van der Waals surface area contributed by atoms with Crippen LogP contribution in [0, 0.1) is 0 Å². The molecule has 0 N–H and O–H groups in total. The number of fused-ring (bicyclic) bond motifs is 3. The quantitative estimate of drug-likeness (QED) is 0.698. The van der Waals surface area contributed by atoms with Crippen molar-refractivity contribution in [2.24, 2.45) is 0 Å². The van der Waals surface area contributed by atoms with Crippen molar-refractivity contribution in [3.05, 3.63) is 71.4 Å². The van der Waals surface area contributed by atoms with Crippen LogP contribution in [0.5, 0.6) is 0 Å². The molecule has 4 rings (SSSR count). The summed E-state index contributed by atoms with van der Waals surface area (Å²) in [6.07, 6.45) is 1.35. The molecule has 1 aliphatic heterocycles. The minimum Gasteiger partial charge on any atom is -0.332 e. The summed E-state index contributed by atoms with van der Waals surface area (Å²) in [6.45, 7) is 1.07. The zero-order chi connectivity index (χ0) is 15.8. The van der Waals surface area contributed by atoms with Crippen LogP contribution in [0.25, 0.3) is 10.9 Å². The Morgan fingerprint density at radius 3 is 2.52 bits per heavy atom. The van der Waals surface area contributed by atoms with Gasteiger partial charge in [-0.1, -0.05) is 48.5 Å². The Labute approximate surface area is 133 Å². The molecule has 2 amide bonds. The lowest BCUT2D eigenvalue weighted by Gasteiger charge is -2.23. The Balaban J connectivity index is 1.94. The van der Waals surface area contributed by atoms with Crippen molar-refractivity contribution in [2.75, 3.05) is 6.54 Å². The zero-order valence-corrected chi connectivity index (χ0v) is 12.6. The molecule has 2 aromatic carbocycles. The Kier molecular flexibility index (Phi) is 3.23. The minimum atomic E-state index is -0.201. The van der Waals surface area contributed by atoms with Gasteiger partial charge in [0, 0.05) is 24.0 Å². The summed E-state index contributed by atoms with van der Waals surface area (Å²) in [5, 5.41) is 1.11. The molecule has 0 fully saturated rings. The van der Waals surface area contributed by atoms with Gasteiger partial charge in [-0.25, -0.2) is 0 Å². The summed E-state index contributed by atoms with van der Waals surface area (Å²) in [5.74, 6) is -0.201. The second-order valence-corrected chi connectivity index (χ2v) is 5.77. The molecule has 0 unspecified atom stereocenters. The highest BCUT2D eigenvalue weighted by Gasteiger charge is 2.30. The van der Waals surface area contributed by atoms with Crippen molar-refractivity contribution >= 4 is 23.2 Å². The van der Waals surface area contributed by atoms with Crippen LogP contribution in [0.1, 0.15) is 21.6 Å². The number of hydrogen-bond donors (Lipinski definition) is 0. The van der Waals surface area contributed by atoms with E-state index in [4.69, 9.17) is 0 Å². The number of rotatable bonds is 3. The van der Waals surface area contributed by atoms with Crippen molar-refractivity contribution in [3.63, 3.8) is 0 Å². The third-order valence-corrected chi connectivity index (χ3v) is 4.45. The number of hydrogen-bond acceptors (Lipinski definition) is 2. The molecule has 3 aromatic rings. The molecule has 1 aromatic heterocycles. The highest BCUT2D eigenvalue weighted by molar-refractivity contribution is 6.06. The van der Waals surface area contributed by atoms with E-state index in [1.807, 2.05) is 53.1 Å². The molecule has 4 nitrogen and oxygen atoms in total. The molecular formula is C19H16N2O2. The van der Waals surface area contributed by atoms with Gasteiger partial charge in [0.15, 0.2) is 0 Å². The molecule has 0 bridgehead atoms. The number of aromatic nitrogens is 1. The maximum Gasteiger partial charge on any atom is 0.277 e. The lowest BCUT2D eigenvalue weighted by Crippen LogP contribution is -2.37. The second kappa shape index (κ2) is 5.39. The molecule has 114 valence electrons. The largest absolute Gasteiger partial charge is 0.332 e. The lowest BCUT2D eigenvalue weighted by atomic mass is 10.0. The van der Waals surface area contributed by atoms with Crippen molar-refractivity contribution in [1.29, 1.82) is 0 Å². The summed E-state index contributed by atoms with van der Waals surface area (Å²) in [6, 6.07) is 18.1. The van der Waals surface area contributed by atoms with Gasteiger partial charge in [-0.15, -0.1) is 0 Å². The molecule has 0 spiro atoms. The van der Waals surface area contributed by atoms with Crippen LogP contribution in [-0.4, -0.2) is 28.3 Å². The van der Waals surface area contributed by atoms with E-state index in [0.29, 0.717) is 31.6 Å². The summed E-state index contributed by atoms with van der Waals surface area (Å²) < 4.78 is 2.04. The molecule has 1 aliphatic rings. The SMILES string of the molecule is O=CN1CCc2c(n(Cc3ccccc3)c3ccccc23)C1=O. The summed E-state index contributed by atoms with van der Waals surface area (Å²) >= 11 is 0. The molecule has 0 atom stereocenters. The standard InChI is InChI=1S/C19H16N2O2/c22-13-20-11-10-16-15-8-4-5-9-17(15)21(18(16)19(20)23)12-14-6-2-1-3-7-14/h1-9,13H,10-12H2. The number of imide groups is 1. The summed E-state index contributed by atoms with van der Waals surface area (Å²) in [7, 11) is 0. The van der Waals surface area contributed by atoms with Crippen LogP contribution in [0.2, 0.25) is 0 Å². The van der Waals surface area contributed by atoms with Crippen molar-refractivity contribution in [2.45, 2.75) is 13.0 Å². The Morgan fingerprint density at radius 1 is 1.00 bits per heavy atom. The highest BCUT2D eigenvalue weighted by Crippen LogP contribution is 2.31. The fourth-order valence-electron chi connectivity index (χ4n) is 3.37. The lowest BCUT2D eigenvalue weighted by molar-refractivity contribution is -0.116. The van der Waals surface area contributed by atoms with E-state index in [-0.39, 0.29) is 5.91 Å². The van der Waals surface area contributed by atoms with Crippen LogP contribution in [0.15, 0.2) is 54.6 Å². The van der Waals surface area contributed by atoms with Gasteiger partial charge in [0.2, 0.25) is 6.41 Å². The number of para-hydroxylation sites is 1. The first-order valence-electron chi connectivity index (χ1n) is 7.70. The van der Waals surface area contributed by atoms with Crippen LogP contribution in [-0.2, 0) is 17.8 Å². The zero-order valence-electron chi connectivity index (χ0n) is 12.6. The van der Waals surface area contributed by atoms with Crippen LogP contribution in [0.3, 0.4) is 0 Å². The van der Waals surface area contributed by atoms with E-state index in [2.05, 4.69) is 6.07 Å². The van der Waals surface area contributed by atoms with E-state index in [1.54, 1.807) is 0 Å². The topological polar surface area (TPSA) is 42.3 Å². The van der Waals surface area contributed by atoms with Gasteiger partial charge in [-0.2, -0.15) is 0 Å². The van der Waals surface area contributed by atoms with Gasteiger partial charge in [0.1, 0.15) is 5.69 Å². The van der Waals surface area contributed by atoms with Gasteiger partial charge in [0.05, 0.1) is 0 Å². The normalized spacial score (nSPS) is 14.1. The molecular weight excluding hydrogens is 288 g/mol. The molecule has 23 heavy (non-hydrogen) atoms. The smallest absolute Gasteiger partial charge is 0.277 e. The van der Waals surface area contributed by atoms with E-state index in [0.717, 1.165) is 22.0 Å². The fraction of sp³-hybridized carbons (Fsp3) is 0.158. The molecule has 0 aliphatic carbocycles. The molecule has 4 heteroatoms. The average molecular weight is 304 g/mol. The first-order chi connectivity index (χ1) is 11.3. The number of carbonyl (C=O) groups excluding carboxylic acids is 2. The number of amides is 2.